The lowest BCUT2D eigenvalue weighted by molar-refractivity contribution is -0.160. The van der Waals surface area contributed by atoms with Gasteiger partial charge in [-0.25, -0.2) is 8.78 Å². The van der Waals surface area contributed by atoms with Crippen LogP contribution in [-0.2, 0) is 11.2 Å². The van der Waals surface area contributed by atoms with Crippen molar-refractivity contribution < 1.29 is 23.8 Å². The monoisotopic (exact) mass is 403 g/mol. The van der Waals surface area contributed by atoms with Crippen LogP contribution in [0, 0.1) is 0 Å². The second-order valence-corrected chi connectivity index (χ2v) is 8.54. The molecule has 3 N–H and O–H groups in total. The lowest BCUT2D eigenvalue weighted by Crippen LogP contribution is -2.68. The Morgan fingerprint density at radius 1 is 1.27 bits per heavy atom. The summed E-state index contributed by atoms with van der Waals surface area (Å²) in [6.45, 7) is 1.46. The molecule has 0 bridgehead atoms. The summed E-state index contributed by atoms with van der Waals surface area (Å²) in [6.07, 6.45) is -1.79. The van der Waals surface area contributed by atoms with Crippen molar-refractivity contribution in [3.8, 4) is 9.75 Å². The van der Waals surface area contributed by atoms with Gasteiger partial charge in [0.05, 0.1) is 0 Å². The zero-order valence-corrected chi connectivity index (χ0v) is 16.3. The standard InChI is InChI=1S/C18H23F2NO3S2/c1-17(15(23)11-22,18(2,24)16(19)20)21-9-3-5-12-7-8-14(26-12)13-6-4-10-25-13/h4,6-8,10,16,21-22,24H,3,5,9,11H2,1-2H3. The van der Waals surface area contributed by atoms with Gasteiger partial charge in [0.15, 0.2) is 5.78 Å². The maximum Gasteiger partial charge on any atom is 0.268 e. The van der Waals surface area contributed by atoms with Crippen LogP contribution in [0.15, 0.2) is 29.6 Å². The molecule has 2 atom stereocenters. The first-order valence-electron chi connectivity index (χ1n) is 8.24. The van der Waals surface area contributed by atoms with E-state index in [0.717, 1.165) is 18.2 Å². The van der Waals surface area contributed by atoms with E-state index in [-0.39, 0.29) is 6.54 Å². The lowest BCUT2D eigenvalue weighted by atomic mass is 9.79. The van der Waals surface area contributed by atoms with Gasteiger partial charge >= 0.3 is 0 Å². The van der Waals surface area contributed by atoms with Crippen LogP contribution in [-0.4, -0.2) is 46.7 Å². The molecule has 0 spiro atoms. The predicted molar refractivity (Wildman–Crippen MR) is 101 cm³/mol. The van der Waals surface area contributed by atoms with Crippen LogP contribution >= 0.6 is 22.7 Å². The molecule has 2 rings (SSSR count). The highest BCUT2D eigenvalue weighted by Crippen LogP contribution is 2.32. The minimum Gasteiger partial charge on any atom is -0.389 e. The van der Waals surface area contributed by atoms with E-state index < -0.39 is 30.0 Å². The molecule has 26 heavy (non-hydrogen) atoms. The van der Waals surface area contributed by atoms with Crippen molar-refractivity contribution in [2.45, 2.75) is 44.3 Å². The van der Waals surface area contributed by atoms with Gasteiger partial charge < -0.3 is 15.5 Å². The first kappa shape index (κ1) is 21.1. The Bertz CT molecular complexity index is 716. The quantitative estimate of drug-likeness (QED) is 0.532. The number of thiophene rings is 2. The van der Waals surface area contributed by atoms with Crippen molar-refractivity contribution >= 4 is 28.5 Å². The zero-order valence-electron chi connectivity index (χ0n) is 14.7. The molecule has 0 radical (unpaired) electrons. The first-order chi connectivity index (χ1) is 12.2. The molecule has 4 nitrogen and oxygen atoms in total. The van der Waals surface area contributed by atoms with Crippen molar-refractivity contribution in [2.75, 3.05) is 13.2 Å². The summed E-state index contributed by atoms with van der Waals surface area (Å²) in [5.74, 6) is -0.862. The topological polar surface area (TPSA) is 69.6 Å². The number of nitrogens with one attached hydrogen (secondary N) is 1. The summed E-state index contributed by atoms with van der Waals surface area (Å²) in [5, 5.41) is 24.0. The van der Waals surface area contributed by atoms with E-state index in [0.29, 0.717) is 6.42 Å². The minimum absolute atomic E-state index is 0.261. The molecule has 0 aromatic carbocycles. The van der Waals surface area contributed by atoms with Crippen molar-refractivity contribution in [2.24, 2.45) is 0 Å². The molecular formula is C18H23F2NO3S2. The molecule has 2 heterocycles. The smallest absolute Gasteiger partial charge is 0.268 e. The molecule has 0 aliphatic rings. The van der Waals surface area contributed by atoms with Crippen LogP contribution in [0.3, 0.4) is 0 Å². The lowest BCUT2D eigenvalue weighted by Gasteiger charge is -2.41. The Hall–Kier alpha value is -1.19. The minimum atomic E-state index is -3.12. The van der Waals surface area contributed by atoms with Crippen LogP contribution in [0.1, 0.15) is 25.1 Å². The summed E-state index contributed by atoms with van der Waals surface area (Å²) in [4.78, 5) is 15.5. The molecule has 0 saturated carbocycles. The molecule has 2 unspecified atom stereocenters. The average Bonchev–Trinajstić information content (AvgIpc) is 3.28. The number of hydrogen-bond acceptors (Lipinski definition) is 6. The van der Waals surface area contributed by atoms with Gasteiger partial charge in [0, 0.05) is 14.6 Å². The Labute approximate surface area is 159 Å². The summed E-state index contributed by atoms with van der Waals surface area (Å²) in [6, 6.07) is 8.14. The fourth-order valence-electron chi connectivity index (χ4n) is 2.60. The molecule has 0 aliphatic heterocycles. The van der Waals surface area contributed by atoms with Gasteiger partial charge in [-0.05, 0) is 56.8 Å². The SMILES string of the molecule is CC(NCCCc1ccc(-c2cccs2)s1)(C(=O)CO)C(C)(O)C(F)F. The number of alkyl halides is 2. The number of aryl methyl sites for hydroxylation is 1. The highest BCUT2D eigenvalue weighted by atomic mass is 32.1. The molecule has 0 fully saturated rings. The third-order valence-electron chi connectivity index (χ3n) is 4.64. The Balaban J connectivity index is 1.95. The number of aliphatic hydroxyl groups is 2. The number of Topliss-reactive ketones (excluding diaryl/α,β-unsaturated/α-hetero) is 1. The molecule has 2 aromatic heterocycles. The maximum absolute atomic E-state index is 13.2. The molecule has 8 heteroatoms. The second-order valence-electron chi connectivity index (χ2n) is 6.43. The third kappa shape index (κ3) is 4.37. The number of rotatable bonds is 10. The van der Waals surface area contributed by atoms with E-state index in [4.69, 9.17) is 5.11 Å². The van der Waals surface area contributed by atoms with E-state index in [1.165, 1.54) is 16.7 Å². The van der Waals surface area contributed by atoms with Gasteiger partial charge in [-0.3, -0.25) is 4.79 Å². The number of aliphatic hydroxyl groups excluding tert-OH is 1. The van der Waals surface area contributed by atoms with Gasteiger partial charge in [-0.2, -0.15) is 0 Å². The summed E-state index contributed by atoms with van der Waals surface area (Å²) in [7, 11) is 0. The molecule has 144 valence electrons. The van der Waals surface area contributed by atoms with Gasteiger partial charge in [0.25, 0.3) is 6.43 Å². The Morgan fingerprint density at radius 2 is 2.00 bits per heavy atom. The molecular weight excluding hydrogens is 380 g/mol. The van der Waals surface area contributed by atoms with Crippen molar-refractivity contribution in [3.63, 3.8) is 0 Å². The normalized spacial score (nSPS) is 16.4. The van der Waals surface area contributed by atoms with E-state index in [1.54, 1.807) is 22.7 Å². The Kier molecular flexibility index (Phi) is 7.04. The van der Waals surface area contributed by atoms with Crippen LogP contribution in [0.4, 0.5) is 8.78 Å². The van der Waals surface area contributed by atoms with E-state index in [9.17, 15) is 18.7 Å². The summed E-state index contributed by atoms with van der Waals surface area (Å²) in [5.41, 5.74) is -4.50. The molecule has 0 aliphatic carbocycles. The maximum atomic E-state index is 13.2. The second kappa shape index (κ2) is 8.67. The third-order valence-corrected chi connectivity index (χ3v) is 6.85. The van der Waals surface area contributed by atoms with Gasteiger partial charge in [0.1, 0.15) is 17.7 Å². The zero-order chi connectivity index (χ0) is 19.4. The van der Waals surface area contributed by atoms with Gasteiger partial charge in [-0.1, -0.05) is 6.07 Å². The van der Waals surface area contributed by atoms with E-state index >= 15 is 0 Å². The largest absolute Gasteiger partial charge is 0.389 e. The van der Waals surface area contributed by atoms with Crippen LogP contribution in [0.25, 0.3) is 9.75 Å². The summed E-state index contributed by atoms with van der Waals surface area (Å²) < 4.78 is 26.4. The van der Waals surface area contributed by atoms with Crippen molar-refractivity contribution in [3.05, 3.63) is 34.5 Å². The molecule has 0 amide bonds. The number of carbonyl (C=O) groups excluding carboxylic acids is 1. The highest BCUT2D eigenvalue weighted by Gasteiger charge is 2.54. The van der Waals surface area contributed by atoms with Crippen molar-refractivity contribution in [1.82, 2.24) is 5.32 Å². The molecule has 2 aromatic rings. The number of hydrogen-bond donors (Lipinski definition) is 3. The molecule has 0 saturated heterocycles. The van der Waals surface area contributed by atoms with E-state index in [2.05, 4.69) is 17.4 Å². The predicted octanol–water partition coefficient (Wildman–Crippen LogP) is 3.34. The number of ketones is 1. The fraction of sp³-hybridized carbons (Fsp3) is 0.500. The van der Waals surface area contributed by atoms with Crippen LogP contribution in [0.2, 0.25) is 0 Å². The number of carbonyl (C=O) groups is 1. The van der Waals surface area contributed by atoms with Crippen molar-refractivity contribution in [1.29, 1.82) is 0 Å². The van der Waals surface area contributed by atoms with Crippen LogP contribution < -0.4 is 5.32 Å². The van der Waals surface area contributed by atoms with Gasteiger partial charge in [-0.15, -0.1) is 22.7 Å². The fourth-order valence-corrected chi connectivity index (χ4v) is 4.48. The van der Waals surface area contributed by atoms with E-state index in [1.807, 2.05) is 17.5 Å². The van der Waals surface area contributed by atoms with Gasteiger partial charge in [0.2, 0.25) is 0 Å². The summed E-state index contributed by atoms with van der Waals surface area (Å²) >= 11 is 3.35. The Morgan fingerprint density at radius 3 is 2.58 bits per heavy atom. The first-order valence-corrected chi connectivity index (χ1v) is 9.94. The van der Waals surface area contributed by atoms with Crippen LogP contribution in [0.5, 0.6) is 0 Å². The average molecular weight is 404 g/mol. The highest BCUT2D eigenvalue weighted by molar-refractivity contribution is 7.21. The number of halogens is 2.